The van der Waals surface area contributed by atoms with Gasteiger partial charge in [-0.2, -0.15) is 11.3 Å². The number of hydrogen-bond donors (Lipinski definition) is 0. The second-order valence-corrected chi connectivity index (χ2v) is 7.82. The van der Waals surface area contributed by atoms with Crippen molar-refractivity contribution in [3.63, 3.8) is 0 Å². The van der Waals surface area contributed by atoms with Gasteiger partial charge in [-0.1, -0.05) is 0 Å². The molecule has 1 saturated carbocycles. The highest BCUT2D eigenvalue weighted by molar-refractivity contribution is 7.07. The normalized spacial score (nSPS) is 17.8. The van der Waals surface area contributed by atoms with Gasteiger partial charge in [0.2, 0.25) is 5.91 Å². The first-order valence-electron chi connectivity index (χ1n) is 8.63. The lowest BCUT2D eigenvalue weighted by Crippen LogP contribution is -2.40. The first kappa shape index (κ1) is 15.8. The van der Waals surface area contributed by atoms with Gasteiger partial charge in [0, 0.05) is 51.8 Å². The lowest BCUT2D eigenvalue weighted by Gasteiger charge is -2.28. The van der Waals surface area contributed by atoms with E-state index in [4.69, 9.17) is 4.98 Å². The Morgan fingerprint density at radius 2 is 2.29 bits per heavy atom. The molecule has 128 valence electrons. The van der Waals surface area contributed by atoms with E-state index in [0.717, 1.165) is 19.5 Å². The van der Waals surface area contributed by atoms with Crippen LogP contribution in [0.3, 0.4) is 0 Å². The van der Waals surface area contributed by atoms with Gasteiger partial charge in [0.05, 0.1) is 12.2 Å². The molecular weight excluding hydrogens is 320 g/mol. The summed E-state index contributed by atoms with van der Waals surface area (Å²) in [6.45, 7) is 2.91. The van der Waals surface area contributed by atoms with Crippen molar-refractivity contribution in [3.05, 3.63) is 39.6 Å². The van der Waals surface area contributed by atoms with E-state index in [9.17, 15) is 4.79 Å². The Balaban J connectivity index is 1.38. The molecule has 1 aliphatic carbocycles. The first-order valence-corrected chi connectivity index (χ1v) is 9.58. The average Bonchev–Trinajstić information content (AvgIpc) is 3.19. The van der Waals surface area contributed by atoms with E-state index in [-0.39, 0.29) is 5.91 Å². The number of carbonyl (C=O) groups is 1. The molecule has 6 heteroatoms. The number of aromatic nitrogens is 2. The van der Waals surface area contributed by atoms with Crippen LogP contribution in [-0.2, 0) is 31.4 Å². The van der Waals surface area contributed by atoms with Gasteiger partial charge in [0.15, 0.2) is 0 Å². The molecule has 0 bridgehead atoms. The van der Waals surface area contributed by atoms with Crippen molar-refractivity contribution in [2.75, 3.05) is 20.1 Å². The highest BCUT2D eigenvalue weighted by atomic mass is 32.1. The second kappa shape index (κ2) is 6.33. The predicted molar refractivity (Wildman–Crippen MR) is 95.0 cm³/mol. The third kappa shape index (κ3) is 3.13. The van der Waals surface area contributed by atoms with E-state index in [1.54, 1.807) is 11.3 Å². The van der Waals surface area contributed by atoms with Gasteiger partial charge in [0.1, 0.15) is 5.82 Å². The molecule has 0 unspecified atom stereocenters. The van der Waals surface area contributed by atoms with Crippen molar-refractivity contribution in [1.29, 1.82) is 0 Å². The van der Waals surface area contributed by atoms with E-state index < -0.39 is 0 Å². The number of nitrogens with zero attached hydrogens (tertiary/aromatic N) is 4. The monoisotopic (exact) mass is 344 g/mol. The molecule has 0 radical (unpaired) electrons. The van der Waals surface area contributed by atoms with E-state index >= 15 is 0 Å². The van der Waals surface area contributed by atoms with Gasteiger partial charge in [-0.05, 0) is 35.2 Å². The van der Waals surface area contributed by atoms with Crippen LogP contribution < -0.4 is 0 Å². The van der Waals surface area contributed by atoms with E-state index in [2.05, 4.69) is 33.3 Å². The average molecular weight is 344 g/mol. The predicted octanol–water partition coefficient (Wildman–Crippen LogP) is 2.38. The molecule has 2 aromatic rings. The fraction of sp³-hybridized carbons (Fsp3) is 0.556. The summed E-state index contributed by atoms with van der Waals surface area (Å²) >= 11 is 1.67. The molecule has 5 nitrogen and oxygen atoms in total. The summed E-state index contributed by atoms with van der Waals surface area (Å²) in [4.78, 5) is 21.4. The molecule has 4 rings (SSSR count). The lowest BCUT2D eigenvalue weighted by atomic mass is 10.1. The van der Waals surface area contributed by atoms with Crippen molar-refractivity contribution in [1.82, 2.24) is 19.4 Å². The van der Waals surface area contributed by atoms with Crippen molar-refractivity contribution >= 4 is 17.2 Å². The zero-order valence-electron chi connectivity index (χ0n) is 14.4. The topological polar surface area (TPSA) is 41.4 Å². The van der Waals surface area contributed by atoms with Crippen LogP contribution in [0.25, 0.3) is 0 Å². The number of likely N-dealkylation sites (N-methyl/N-ethyl adjacent to an activating group) is 1. The summed E-state index contributed by atoms with van der Waals surface area (Å²) in [5.74, 6) is 2.11. The zero-order valence-corrected chi connectivity index (χ0v) is 15.2. The number of carbonyl (C=O) groups excluding carboxylic acids is 1. The molecule has 2 aliphatic rings. The molecule has 1 fully saturated rings. The Bertz CT molecular complexity index is 733. The number of thiophene rings is 1. The van der Waals surface area contributed by atoms with Crippen LogP contribution >= 0.6 is 11.3 Å². The van der Waals surface area contributed by atoms with Crippen LogP contribution in [0.2, 0.25) is 0 Å². The van der Waals surface area contributed by atoms with Crippen LogP contribution in [0.4, 0.5) is 0 Å². The highest BCUT2D eigenvalue weighted by Gasteiger charge is 2.32. The maximum atomic E-state index is 12.5. The second-order valence-electron chi connectivity index (χ2n) is 7.04. The zero-order chi connectivity index (χ0) is 16.7. The lowest BCUT2D eigenvalue weighted by molar-refractivity contribution is -0.131. The minimum Gasteiger partial charge on any atom is -0.340 e. The molecule has 0 aromatic carbocycles. The van der Waals surface area contributed by atoms with Gasteiger partial charge in [-0.3, -0.25) is 9.69 Å². The van der Waals surface area contributed by atoms with Crippen LogP contribution in [0, 0.1) is 0 Å². The Hall–Kier alpha value is -1.66. The first-order chi connectivity index (χ1) is 11.6. The van der Waals surface area contributed by atoms with Gasteiger partial charge in [-0.25, -0.2) is 4.98 Å². The SMILES string of the molecule is CN(Cc1ccsc1)C(=O)CN1CCc2c(nc(C3CC3)n2C)C1. The minimum atomic E-state index is 0.183. The van der Waals surface area contributed by atoms with Crippen molar-refractivity contribution in [2.45, 2.75) is 38.3 Å². The largest absolute Gasteiger partial charge is 0.340 e. The van der Waals surface area contributed by atoms with E-state index in [0.29, 0.717) is 19.0 Å². The molecule has 0 atom stereocenters. The molecule has 1 amide bonds. The quantitative estimate of drug-likeness (QED) is 0.836. The maximum Gasteiger partial charge on any atom is 0.236 e. The third-order valence-corrected chi connectivity index (χ3v) is 5.83. The number of fused-ring (bicyclic) bond motifs is 1. The van der Waals surface area contributed by atoms with Crippen molar-refractivity contribution < 1.29 is 4.79 Å². The molecule has 1 aliphatic heterocycles. The Morgan fingerprint density at radius 3 is 3.00 bits per heavy atom. The molecule has 2 aromatic heterocycles. The molecule has 24 heavy (non-hydrogen) atoms. The van der Waals surface area contributed by atoms with Gasteiger partial charge >= 0.3 is 0 Å². The highest BCUT2D eigenvalue weighted by Crippen LogP contribution is 2.40. The third-order valence-electron chi connectivity index (χ3n) is 5.10. The standard InChI is InChI=1S/C18H24N4OS/c1-20(9-13-6-8-24-12-13)17(23)11-22-7-5-16-15(10-22)19-18(21(16)2)14-3-4-14/h6,8,12,14H,3-5,7,9-11H2,1-2H3. The summed E-state index contributed by atoms with van der Waals surface area (Å²) in [5.41, 5.74) is 3.75. The summed E-state index contributed by atoms with van der Waals surface area (Å²) in [6.07, 6.45) is 3.55. The van der Waals surface area contributed by atoms with Crippen LogP contribution in [-0.4, -0.2) is 45.4 Å². The van der Waals surface area contributed by atoms with Crippen molar-refractivity contribution in [3.8, 4) is 0 Å². The van der Waals surface area contributed by atoms with E-state index in [1.165, 1.54) is 35.6 Å². The Kier molecular flexibility index (Phi) is 4.18. The van der Waals surface area contributed by atoms with Gasteiger partial charge in [0.25, 0.3) is 0 Å². The summed E-state index contributed by atoms with van der Waals surface area (Å²) in [6, 6.07) is 2.08. The van der Waals surface area contributed by atoms with Gasteiger partial charge in [-0.15, -0.1) is 0 Å². The van der Waals surface area contributed by atoms with Gasteiger partial charge < -0.3 is 9.47 Å². The van der Waals surface area contributed by atoms with Crippen LogP contribution in [0.15, 0.2) is 16.8 Å². The molecule has 0 spiro atoms. The molecular formula is C18H24N4OS. The molecule has 0 saturated heterocycles. The van der Waals surface area contributed by atoms with Crippen LogP contribution in [0.1, 0.15) is 41.5 Å². The summed E-state index contributed by atoms with van der Waals surface area (Å²) in [5, 5.41) is 4.16. The Labute approximate surface area is 146 Å². The number of amides is 1. The molecule has 3 heterocycles. The maximum absolute atomic E-state index is 12.5. The summed E-state index contributed by atoms with van der Waals surface area (Å²) in [7, 11) is 4.04. The fourth-order valence-corrected chi connectivity index (χ4v) is 4.16. The number of rotatable bonds is 5. The Morgan fingerprint density at radius 1 is 1.46 bits per heavy atom. The number of imidazole rings is 1. The molecule has 0 N–H and O–H groups in total. The summed E-state index contributed by atoms with van der Waals surface area (Å²) < 4.78 is 2.30. The fourth-order valence-electron chi connectivity index (χ4n) is 3.50. The minimum absolute atomic E-state index is 0.183. The number of hydrogen-bond acceptors (Lipinski definition) is 4. The smallest absolute Gasteiger partial charge is 0.236 e. The van der Waals surface area contributed by atoms with Crippen molar-refractivity contribution in [2.24, 2.45) is 7.05 Å². The van der Waals surface area contributed by atoms with Crippen LogP contribution in [0.5, 0.6) is 0 Å². The van der Waals surface area contributed by atoms with E-state index in [1.807, 2.05) is 11.9 Å².